The lowest BCUT2D eigenvalue weighted by molar-refractivity contribution is -0.137. The van der Waals surface area contributed by atoms with Gasteiger partial charge in [0.25, 0.3) is 5.91 Å². The summed E-state index contributed by atoms with van der Waals surface area (Å²) in [4.78, 5) is 36.7. The predicted octanol–water partition coefficient (Wildman–Crippen LogP) is 7.50. The van der Waals surface area contributed by atoms with Crippen LogP contribution in [-0.2, 0) is 10.9 Å². The first-order chi connectivity index (χ1) is 21.4. The third kappa shape index (κ3) is 9.24. The number of amides is 2. The molecular weight excluding hydrogens is 617 g/mol. The molecule has 10 nitrogen and oxygen atoms in total. The third-order valence-electron chi connectivity index (χ3n) is 7.17. The highest BCUT2D eigenvalue weighted by atomic mass is 28.2. The summed E-state index contributed by atoms with van der Waals surface area (Å²) in [5.41, 5.74) is -0.915. The number of rotatable bonds is 9. The highest BCUT2D eigenvalue weighted by molar-refractivity contribution is 6.39. The highest BCUT2D eigenvalue weighted by Crippen LogP contribution is 2.37. The Balaban J connectivity index is 1.62. The number of alkyl carbamates (subject to hydrolysis) is 1. The van der Waals surface area contributed by atoms with Gasteiger partial charge in [-0.2, -0.15) is 13.2 Å². The zero-order valence-corrected chi connectivity index (χ0v) is 28.0. The van der Waals surface area contributed by atoms with E-state index >= 15 is 0 Å². The predicted molar refractivity (Wildman–Crippen MR) is 173 cm³/mol. The number of halogens is 3. The van der Waals surface area contributed by atoms with E-state index in [2.05, 4.69) is 58.2 Å². The molecule has 248 valence electrons. The van der Waals surface area contributed by atoms with Crippen molar-refractivity contribution in [2.45, 2.75) is 83.3 Å². The van der Waals surface area contributed by atoms with Gasteiger partial charge in [0, 0.05) is 35.0 Å². The fourth-order valence-corrected chi connectivity index (χ4v) is 6.62. The molecule has 3 N–H and O–H groups in total. The number of pyridine rings is 2. The van der Waals surface area contributed by atoms with Crippen molar-refractivity contribution in [3.63, 3.8) is 0 Å². The molecule has 0 aromatic carbocycles. The quantitative estimate of drug-likeness (QED) is 0.202. The zero-order chi connectivity index (χ0) is 33.9. The number of alkyl halides is 3. The minimum absolute atomic E-state index is 0.0420. The van der Waals surface area contributed by atoms with Gasteiger partial charge in [-0.25, -0.2) is 4.79 Å². The first-order valence-electron chi connectivity index (χ1n) is 15.1. The Morgan fingerprint density at radius 2 is 1.91 bits per heavy atom. The van der Waals surface area contributed by atoms with Gasteiger partial charge >= 0.3 is 12.3 Å². The number of nitrogens with zero attached hydrogens (tertiary/aromatic N) is 3. The van der Waals surface area contributed by atoms with Crippen molar-refractivity contribution >= 4 is 49.9 Å². The topological polar surface area (TPSA) is 122 Å². The van der Waals surface area contributed by atoms with Crippen LogP contribution in [0.15, 0.2) is 47.9 Å². The first kappa shape index (κ1) is 34.8. The van der Waals surface area contributed by atoms with E-state index in [0.29, 0.717) is 30.7 Å². The largest absolute Gasteiger partial charge is 0.444 e. The Labute approximate surface area is 269 Å². The van der Waals surface area contributed by atoms with Crippen LogP contribution in [0.4, 0.5) is 35.2 Å². The second kappa shape index (κ2) is 13.7. The van der Waals surface area contributed by atoms with Crippen molar-refractivity contribution in [3.8, 4) is 0 Å². The van der Waals surface area contributed by atoms with E-state index in [-0.39, 0.29) is 39.5 Å². The molecule has 0 aliphatic carbocycles. The Morgan fingerprint density at radius 3 is 2.57 bits per heavy atom. The first-order valence-corrected chi connectivity index (χ1v) is 16.3. The standard InChI is InChI=1S/C32H41F3N6O4Si/c1-8-37-28-25(26-24(44-28)14-20(15-38-26)32(33,34)35)27(42)40-22-16-36-11-9-23(22)41-17-19(10-12-46-31(5,6)7)13-21(18-41)39-29(43)45-30(2,3)4/h8-9,11,14-16,19,21,37H,1,10,12-13,17-18H2,2-7H3,(H,39,43)(H,40,42)/t19-,21+/m1/s1. The molecule has 3 aromatic heterocycles. The lowest BCUT2D eigenvalue weighted by Gasteiger charge is -2.40. The van der Waals surface area contributed by atoms with Gasteiger partial charge in [-0.05, 0) is 56.5 Å². The molecule has 3 aromatic rings. The van der Waals surface area contributed by atoms with E-state index in [1.807, 2.05) is 20.8 Å². The second-order valence-corrected chi connectivity index (χ2v) is 15.7. The molecule has 4 heterocycles. The number of hydrogen-bond donors (Lipinski definition) is 3. The molecule has 2 atom stereocenters. The van der Waals surface area contributed by atoms with Crippen LogP contribution in [0.1, 0.15) is 70.3 Å². The van der Waals surface area contributed by atoms with Gasteiger partial charge in [0.05, 0.1) is 29.2 Å². The smallest absolute Gasteiger partial charge is 0.418 e. The van der Waals surface area contributed by atoms with Crippen LogP contribution >= 0.6 is 0 Å². The molecule has 1 fully saturated rings. The maximum atomic E-state index is 13.7. The van der Waals surface area contributed by atoms with E-state index in [0.717, 1.165) is 34.5 Å². The van der Waals surface area contributed by atoms with Crippen molar-refractivity contribution in [2.24, 2.45) is 5.92 Å². The number of ether oxygens (including phenoxy) is 1. The minimum atomic E-state index is -4.64. The van der Waals surface area contributed by atoms with Crippen molar-refractivity contribution < 1.29 is 31.9 Å². The van der Waals surface area contributed by atoms with Crippen LogP contribution in [0.5, 0.6) is 0 Å². The fourth-order valence-electron chi connectivity index (χ4n) is 5.32. The van der Waals surface area contributed by atoms with Crippen molar-refractivity contribution in [2.75, 3.05) is 28.6 Å². The normalized spacial score (nSPS) is 17.5. The van der Waals surface area contributed by atoms with Crippen molar-refractivity contribution in [3.05, 3.63) is 54.6 Å². The summed E-state index contributed by atoms with van der Waals surface area (Å²) in [6.07, 6.45) is 1.65. The van der Waals surface area contributed by atoms with Gasteiger partial charge in [0.2, 0.25) is 5.88 Å². The number of hydrogen-bond acceptors (Lipinski definition) is 8. The van der Waals surface area contributed by atoms with E-state index in [9.17, 15) is 22.8 Å². The number of fused-ring (bicyclic) bond motifs is 1. The SMILES string of the molecule is C=CNc1oc2cc(C(F)(F)F)cnc2c1C(=O)Nc1cnccc1N1C[C@H](CC[Si]C(C)(C)C)C[C@H](NC(=O)OC(C)(C)C)C1. The van der Waals surface area contributed by atoms with Crippen LogP contribution < -0.4 is 20.9 Å². The number of aromatic nitrogens is 2. The third-order valence-corrected chi connectivity index (χ3v) is 8.77. The summed E-state index contributed by atoms with van der Waals surface area (Å²) in [5, 5.41) is 8.80. The van der Waals surface area contributed by atoms with Crippen molar-refractivity contribution in [1.82, 2.24) is 15.3 Å². The summed E-state index contributed by atoms with van der Waals surface area (Å²) >= 11 is 0. The Kier molecular flexibility index (Phi) is 10.4. The number of carbonyl (C=O) groups excluding carboxylic acids is 2. The van der Waals surface area contributed by atoms with Crippen LogP contribution in [0, 0.1) is 5.92 Å². The number of piperidine rings is 1. The molecule has 1 saturated heterocycles. The van der Waals surface area contributed by atoms with E-state index < -0.39 is 29.3 Å². The average Bonchev–Trinajstić information content (AvgIpc) is 3.28. The Morgan fingerprint density at radius 1 is 1.17 bits per heavy atom. The second-order valence-electron chi connectivity index (χ2n) is 13.4. The van der Waals surface area contributed by atoms with Gasteiger partial charge in [-0.1, -0.05) is 39.8 Å². The van der Waals surface area contributed by atoms with Crippen LogP contribution in [0.3, 0.4) is 0 Å². The van der Waals surface area contributed by atoms with Gasteiger partial charge in [0.1, 0.15) is 16.7 Å². The summed E-state index contributed by atoms with van der Waals surface area (Å²) in [6, 6.07) is 3.42. The highest BCUT2D eigenvalue weighted by Gasteiger charge is 2.34. The van der Waals surface area contributed by atoms with Crippen LogP contribution in [0.25, 0.3) is 11.1 Å². The molecular formula is C32H41F3N6O4Si. The summed E-state index contributed by atoms with van der Waals surface area (Å²) in [6.45, 7) is 16.8. The fraction of sp³-hybridized carbons (Fsp3) is 0.500. The zero-order valence-electron chi connectivity index (χ0n) is 27.0. The molecule has 2 radical (unpaired) electrons. The van der Waals surface area contributed by atoms with Crippen LogP contribution in [0.2, 0.25) is 11.1 Å². The molecule has 46 heavy (non-hydrogen) atoms. The van der Waals surface area contributed by atoms with Crippen LogP contribution in [-0.4, -0.2) is 56.2 Å². The summed E-state index contributed by atoms with van der Waals surface area (Å²) < 4.78 is 51.1. The maximum absolute atomic E-state index is 13.7. The van der Waals surface area contributed by atoms with E-state index in [1.165, 1.54) is 12.4 Å². The molecule has 14 heteroatoms. The molecule has 0 unspecified atom stereocenters. The van der Waals surface area contributed by atoms with E-state index in [1.54, 1.807) is 12.3 Å². The van der Waals surface area contributed by atoms with Gasteiger partial charge in [0.15, 0.2) is 5.58 Å². The number of nitrogens with one attached hydrogen (secondary N) is 3. The lowest BCUT2D eigenvalue weighted by Crippen LogP contribution is -2.52. The van der Waals surface area contributed by atoms with Gasteiger partial charge in [-0.3, -0.25) is 14.8 Å². The molecule has 1 aliphatic rings. The van der Waals surface area contributed by atoms with Gasteiger partial charge < -0.3 is 30.0 Å². The van der Waals surface area contributed by atoms with Gasteiger partial charge in [-0.15, -0.1) is 0 Å². The molecule has 1 aliphatic heterocycles. The number of anilines is 3. The lowest BCUT2D eigenvalue weighted by atomic mass is 9.91. The summed E-state index contributed by atoms with van der Waals surface area (Å²) in [5.74, 6) is -0.499. The molecule has 0 saturated carbocycles. The molecule has 0 spiro atoms. The van der Waals surface area contributed by atoms with Crippen molar-refractivity contribution in [1.29, 1.82) is 0 Å². The number of furan rings is 1. The maximum Gasteiger partial charge on any atom is 0.418 e. The molecule has 2 amide bonds. The number of carbonyl (C=O) groups is 2. The average molecular weight is 659 g/mol. The molecule has 4 rings (SSSR count). The Hall–Kier alpha value is -4.07. The molecule has 0 bridgehead atoms. The Bertz CT molecular complexity index is 1560. The summed E-state index contributed by atoms with van der Waals surface area (Å²) in [7, 11) is 0.785. The minimum Gasteiger partial charge on any atom is -0.444 e. The monoisotopic (exact) mass is 658 g/mol. The van der Waals surface area contributed by atoms with E-state index in [4.69, 9.17) is 9.15 Å².